The molecule has 6 nitrogen and oxygen atoms in total. The Hall–Kier alpha value is -4.76. The lowest BCUT2D eigenvalue weighted by Crippen LogP contribution is -2.11. The third kappa shape index (κ3) is 3.95. The summed E-state index contributed by atoms with van der Waals surface area (Å²) in [6.45, 7) is 2.03. The molecule has 158 valence electrons. The molecule has 0 radical (unpaired) electrons. The van der Waals surface area contributed by atoms with Crippen molar-refractivity contribution >= 4 is 22.6 Å². The van der Waals surface area contributed by atoms with Crippen LogP contribution in [-0.2, 0) is 0 Å². The minimum atomic E-state index is -0.282. The molecular formula is C27H19N5O. The highest BCUT2D eigenvalue weighted by molar-refractivity contribution is 5.91. The number of aromatic nitrogens is 4. The first-order chi connectivity index (χ1) is 16.1. The first-order valence-electron chi connectivity index (χ1n) is 10.5. The molecule has 0 aliphatic heterocycles. The van der Waals surface area contributed by atoms with Crippen LogP contribution in [0.4, 0.5) is 0 Å². The zero-order valence-corrected chi connectivity index (χ0v) is 17.9. The van der Waals surface area contributed by atoms with E-state index < -0.39 is 0 Å². The third-order valence-electron chi connectivity index (χ3n) is 5.38. The predicted octanol–water partition coefficient (Wildman–Crippen LogP) is 5.15. The van der Waals surface area contributed by atoms with Gasteiger partial charge in [0.1, 0.15) is 6.07 Å². The summed E-state index contributed by atoms with van der Waals surface area (Å²) in [6.07, 6.45) is 3.59. The third-order valence-corrected chi connectivity index (χ3v) is 5.38. The standard InChI is InChI=1S/C27H19N5O/c1-18-11-13-19(14-12-18)25-21(17-32(31-25)22-7-3-2-4-8-22)15-20(16-28)26-29-24-10-6-5-9-23(24)27(33)30-26/h2-15,17H,1H3,(H,29,30,33). The molecule has 1 N–H and O–H groups in total. The van der Waals surface area contributed by atoms with Crippen molar-refractivity contribution in [3.63, 3.8) is 0 Å². The number of benzene rings is 3. The summed E-state index contributed by atoms with van der Waals surface area (Å²) in [5.74, 6) is 0.225. The van der Waals surface area contributed by atoms with E-state index in [-0.39, 0.29) is 17.0 Å². The Bertz CT molecular complexity index is 1590. The van der Waals surface area contributed by atoms with Gasteiger partial charge in [0, 0.05) is 17.3 Å². The van der Waals surface area contributed by atoms with Crippen LogP contribution in [0.5, 0.6) is 0 Å². The van der Waals surface area contributed by atoms with Crippen molar-refractivity contribution in [3.05, 3.63) is 112 Å². The molecule has 5 rings (SSSR count). The molecule has 0 saturated heterocycles. The number of fused-ring (bicyclic) bond motifs is 1. The van der Waals surface area contributed by atoms with Crippen molar-refractivity contribution in [3.8, 4) is 23.0 Å². The number of H-pyrrole nitrogens is 1. The summed E-state index contributed by atoms with van der Waals surface area (Å²) >= 11 is 0. The van der Waals surface area contributed by atoms with Gasteiger partial charge in [-0.25, -0.2) is 9.67 Å². The van der Waals surface area contributed by atoms with E-state index in [1.165, 1.54) is 0 Å². The van der Waals surface area contributed by atoms with Crippen LogP contribution in [0.25, 0.3) is 39.5 Å². The van der Waals surface area contributed by atoms with Crippen LogP contribution in [0.2, 0.25) is 0 Å². The highest BCUT2D eigenvalue weighted by Gasteiger charge is 2.14. The van der Waals surface area contributed by atoms with E-state index in [0.29, 0.717) is 10.9 Å². The Labute approximate surface area is 190 Å². The van der Waals surface area contributed by atoms with E-state index in [9.17, 15) is 10.1 Å². The number of aryl methyl sites for hydroxylation is 1. The minimum absolute atomic E-state index is 0.225. The summed E-state index contributed by atoms with van der Waals surface area (Å²) in [7, 11) is 0. The van der Waals surface area contributed by atoms with Crippen LogP contribution < -0.4 is 5.56 Å². The predicted molar refractivity (Wildman–Crippen MR) is 130 cm³/mol. The lowest BCUT2D eigenvalue weighted by molar-refractivity contribution is 0.884. The average Bonchev–Trinajstić information content (AvgIpc) is 3.27. The Morgan fingerprint density at radius 3 is 2.48 bits per heavy atom. The maximum absolute atomic E-state index is 12.5. The van der Waals surface area contributed by atoms with E-state index in [4.69, 9.17) is 5.10 Å². The largest absolute Gasteiger partial charge is 0.305 e. The molecule has 3 aromatic carbocycles. The number of hydrogen-bond donors (Lipinski definition) is 1. The molecule has 0 atom stereocenters. The van der Waals surface area contributed by atoms with Gasteiger partial charge in [-0.2, -0.15) is 10.4 Å². The topological polar surface area (TPSA) is 87.4 Å². The van der Waals surface area contributed by atoms with Crippen LogP contribution in [0, 0.1) is 18.3 Å². The van der Waals surface area contributed by atoms with Gasteiger partial charge in [-0.3, -0.25) is 4.79 Å². The second-order valence-corrected chi connectivity index (χ2v) is 7.68. The fourth-order valence-corrected chi connectivity index (χ4v) is 3.66. The normalized spacial score (nSPS) is 11.5. The number of nitrogens with zero attached hydrogens (tertiary/aromatic N) is 4. The number of hydrogen-bond acceptors (Lipinski definition) is 4. The van der Waals surface area contributed by atoms with E-state index in [2.05, 4.69) is 16.0 Å². The van der Waals surface area contributed by atoms with Crippen LogP contribution in [0.3, 0.4) is 0 Å². The maximum Gasteiger partial charge on any atom is 0.259 e. The van der Waals surface area contributed by atoms with E-state index in [0.717, 1.165) is 28.1 Å². The van der Waals surface area contributed by atoms with Gasteiger partial charge in [-0.1, -0.05) is 60.2 Å². The molecule has 6 heteroatoms. The molecular weight excluding hydrogens is 410 g/mol. The summed E-state index contributed by atoms with van der Waals surface area (Å²) in [4.78, 5) is 19.8. The first-order valence-corrected chi connectivity index (χ1v) is 10.5. The summed E-state index contributed by atoms with van der Waals surface area (Å²) < 4.78 is 1.78. The number of nitriles is 1. The van der Waals surface area contributed by atoms with E-state index >= 15 is 0 Å². The van der Waals surface area contributed by atoms with Gasteiger partial charge >= 0.3 is 0 Å². The van der Waals surface area contributed by atoms with Gasteiger partial charge < -0.3 is 4.98 Å². The zero-order chi connectivity index (χ0) is 22.8. The molecule has 0 aliphatic carbocycles. The second kappa shape index (κ2) is 8.40. The van der Waals surface area contributed by atoms with Crippen LogP contribution in [-0.4, -0.2) is 19.7 Å². The van der Waals surface area contributed by atoms with Crippen molar-refractivity contribution in [2.75, 3.05) is 0 Å². The lowest BCUT2D eigenvalue weighted by atomic mass is 10.0. The molecule has 0 fully saturated rings. The van der Waals surface area contributed by atoms with Gasteiger partial charge in [-0.15, -0.1) is 0 Å². The van der Waals surface area contributed by atoms with E-state index in [1.807, 2.05) is 73.8 Å². The van der Waals surface area contributed by atoms with Gasteiger partial charge in [0.2, 0.25) is 0 Å². The van der Waals surface area contributed by atoms with Gasteiger partial charge in [0.25, 0.3) is 5.56 Å². The lowest BCUT2D eigenvalue weighted by Gasteiger charge is -2.03. The molecule has 5 aromatic rings. The highest BCUT2D eigenvalue weighted by atomic mass is 16.1. The van der Waals surface area contributed by atoms with Gasteiger partial charge in [0.05, 0.1) is 27.9 Å². The van der Waals surface area contributed by atoms with Crippen LogP contribution >= 0.6 is 0 Å². The molecule has 33 heavy (non-hydrogen) atoms. The van der Waals surface area contributed by atoms with Crippen molar-refractivity contribution < 1.29 is 0 Å². The fraction of sp³-hybridized carbons (Fsp3) is 0.0370. The average molecular weight is 429 g/mol. The van der Waals surface area contributed by atoms with E-state index in [1.54, 1.807) is 29.0 Å². The van der Waals surface area contributed by atoms with Crippen molar-refractivity contribution in [2.45, 2.75) is 6.92 Å². The molecule has 2 aromatic heterocycles. The molecule has 0 bridgehead atoms. The highest BCUT2D eigenvalue weighted by Crippen LogP contribution is 2.27. The minimum Gasteiger partial charge on any atom is -0.305 e. The smallest absolute Gasteiger partial charge is 0.259 e. The summed E-state index contributed by atoms with van der Waals surface area (Å²) in [6, 6.07) is 27.1. The number of nitrogens with one attached hydrogen (secondary N) is 1. The quantitative estimate of drug-likeness (QED) is 0.400. The monoisotopic (exact) mass is 429 g/mol. The summed E-state index contributed by atoms with van der Waals surface area (Å²) in [5, 5.41) is 15.2. The SMILES string of the molecule is Cc1ccc(-c2nn(-c3ccccc3)cc2C=C(C#N)c2nc3ccccc3c(=O)[nH]2)cc1. The molecule has 0 spiro atoms. The number of allylic oxidation sites excluding steroid dienone is 1. The first kappa shape index (κ1) is 20.2. The fourth-order valence-electron chi connectivity index (χ4n) is 3.66. The van der Waals surface area contributed by atoms with Gasteiger partial charge in [-0.05, 0) is 37.3 Å². The Morgan fingerprint density at radius 1 is 1.00 bits per heavy atom. The Balaban J connectivity index is 1.68. The van der Waals surface area contributed by atoms with Gasteiger partial charge in [0.15, 0.2) is 5.82 Å². The zero-order valence-electron chi connectivity index (χ0n) is 17.9. The van der Waals surface area contributed by atoms with Crippen molar-refractivity contribution in [1.82, 2.24) is 19.7 Å². The molecule has 0 saturated carbocycles. The molecule has 0 amide bonds. The molecule has 0 unspecified atom stereocenters. The number of para-hydroxylation sites is 2. The Kier molecular flexibility index (Phi) is 5.13. The number of aromatic amines is 1. The molecule has 2 heterocycles. The second-order valence-electron chi connectivity index (χ2n) is 7.68. The molecule has 0 aliphatic rings. The number of rotatable bonds is 4. The van der Waals surface area contributed by atoms with Crippen molar-refractivity contribution in [2.24, 2.45) is 0 Å². The van der Waals surface area contributed by atoms with Crippen molar-refractivity contribution in [1.29, 1.82) is 5.26 Å². The van der Waals surface area contributed by atoms with Crippen LogP contribution in [0.15, 0.2) is 89.9 Å². The Morgan fingerprint density at radius 2 is 1.73 bits per heavy atom. The summed E-state index contributed by atoms with van der Waals surface area (Å²) in [5.41, 5.74) is 4.96. The maximum atomic E-state index is 12.5. The van der Waals surface area contributed by atoms with Crippen LogP contribution in [0.1, 0.15) is 17.0 Å².